The van der Waals surface area contributed by atoms with Crippen LogP contribution in [-0.4, -0.2) is 37.5 Å². The Bertz CT molecular complexity index is 291. The first-order valence-corrected chi connectivity index (χ1v) is 8.19. The van der Waals surface area contributed by atoms with E-state index in [1.54, 1.807) is 0 Å². The summed E-state index contributed by atoms with van der Waals surface area (Å²) in [4.78, 5) is 11.7. The summed E-state index contributed by atoms with van der Waals surface area (Å²) in [5.41, 5.74) is -0.613. The lowest BCUT2D eigenvalue weighted by atomic mass is 10.0. The lowest BCUT2D eigenvalue weighted by Gasteiger charge is -2.15. The summed E-state index contributed by atoms with van der Waals surface area (Å²) < 4.78 is 16.3. The van der Waals surface area contributed by atoms with E-state index in [9.17, 15) is 4.79 Å². The molecule has 1 aliphatic carbocycles. The standard InChI is InChI=1S/C16H28O4/c1-2-18-15(17)16(13-20-16)11-7-8-12-19-14-9-5-3-4-6-10-14/h14H,2-13H2,1H3. The van der Waals surface area contributed by atoms with Gasteiger partial charge in [0.2, 0.25) is 0 Å². The molecule has 2 aliphatic rings. The highest BCUT2D eigenvalue weighted by molar-refractivity contribution is 5.82. The van der Waals surface area contributed by atoms with Crippen LogP contribution in [0.3, 0.4) is 0 Å². The summed E-state index contributed by atoms with van der Waals surface area (Å²) in [5.74, 6) is -0.190. The molecule has 1 heterocycles. The van der Waals surface area contributed by atoms with E-state index in [4.69, 9.17) is 14.2 Å². The van der Waals surface area contributed by atoms with Crippen LogP contribution in [0.4, 0.5) is 0 Å². The van der Waals surface area contributed by atoms with Crippen LogP contribution in [0, 0.1) is 0 Å². The molecule has 0 spiro atoms. The number of hydrogen-bond donors (Lipinski definition) is 0. The topological polar surface area (TPSA) is 48.1 Å². The zero-order valence-corrected chi connectivity index (χ0v) is 12.7. The van der Waals surface area contributed by atoms with Crippen molar-refractivity contribution in [3.05, 3.63) is 0 Å². The van der Waals surface area contributed by atoms with Crippen LogP contribution >= 0.6 is 0 Å². The zero-order valence-electron chi connectivity index (χ0n) is 12.7. The van der Waals surface area contributed by atoms with Gasteiger partial charge in [0.25, 0.3) is 0 Å². The van der Waals surface area contributed by atoms with E-state index in [-0.39, 0.29) is 5.97 Å². The zero-order chi connectivity index (χ0) is 14.3. The van der Waals surface area contributed by atoms with Gasteiger partial charge in [0, 0.05) is 6.61 Å². The van der Waals surface area contributed by atoms with Gasteiger partial charge in [-0.25, -0.2) is 4.79 Å². The average Bonchev–Trinajstić information content (AvgIpc) is 3.23. The van der Waals surface area contributed by atoms with Crippen molar-refractivity contribution in [1.29, 1.82) is 0 Å². The predicted octanol–water partition coefficient (Wildman–Crippen LogP) is 3.23. The molecule has 1 atom stereocenters. The van der Waals surface area contributed by atoms with E-state index >= 15 is 0 Å². The summed E-state index contributed by atoms with van der Waals surface area (Å²) in [5, 5.41) is 0. The van der Waals surface area contributed by atoms with Crippen molar-refractivity contribution in [1.82, 2.24) is 0 Å². The van der Waals surface area contributed by atoms with Gasteiger partial charge in [-0.1, -0.05) is 25.7 Å². The molecule has 4 heteroatoms. The van der Waals surface area contributed by atoms with Crippen LogP contribution in [0.15, 0.2) is 0 Å². The second-order valence-electron chi connectivity index (χ2n) is 5.94. The Kier molecular flexibility index (Phi) is 6.30. The minimum Gasteiger partial charge on any atom is -0.464 e. The largest absolute Gasteiger partial charge is 0.464 e. The highest BCUT2D eigenvalue weighted by atomic mass is 16.6. The monoisotopic (exact) mass is 284 g/mol. The van der Waals surface area contributed by atoms with E-state index in [2.05, 4.69) is 0 Å². The maximum atomic E-state index is 11.7. The average molecular weight is 284 g/mol. The van der Waals surface area contributed by atoms with E-state index < -0.39 is 5.60 Å². The quantitative estimate of drug-likeness (QED) is 0.297. The lowest BCUT2D eigenvalue weighted by molar-refractivity contribution is -0.149. The van der Waals surface area contributed by atoms with Gasteiger partial charge in [0.05, 0.1) is 19.3 Å². The molecule has 1 unspecified atom stereocenters. The molecule has 0 amide bonds. The van der Waals surface area contributed by atoms with Crippen molar-refractivity contribution in [2.24, 2.45) is 0 Å². The number of ether oxygens (including phenoxy) is 3. The summed E-state index contributed by atoms with van der Waals surface area (Å²) in [6.07, 6.45) is 11.0. The van der Waals surface area contributed by atoms with Crippen LogP contribution < -0.4 is 0 Å². The fourth-order valence-electron chi connectivity index (χ4n) is 2.89. The van der Waals surface area contributed by atoms with Crippen LogP contribution in [0.5, 0.6) is 0 Å². The Morgan fingerprint density at radius 1 is 1.20 bits per heavy atom. The first-order chi connectivity index (χ1) is 9.77. The third kappa shape index (κ3) is 4.74. The van der Waals surface area contributed by atoms with Gasteiger partial charge in [-0.15, -0.1) is 0 Å². The van der Waals surface area contributed by atoms with Crippen LogP contribution in [0.2, 0.25) is 0 Å². The van der Waals surface area contributed by atoms with E-state index in [1.807, 2.05) is 6.92 Å². The van der Waals surface area contributed by atoms with Crippen molar-refractivity contribution in [3.8, 4) is 0 Å². The van der Waals surface area contributed by atoms with Crippen molar-refractivity contribution >= 4 is 5.97 Å². The number of esters is 1. The van der Waals surface area contributed by atoms with E-state index in [0.717, 1.165) is 25.9 Å². The molecule has 4 nitrogen and oxygen atoms in total. The molecule has 116 valence electrons. The Morgan fingerprint density at radius 3 is 2.50 bits per heavy atom. The first-order valence-electron chi connectivity index (χ1n) is 8.19. The molecule has 1 saturated heterocycles. The number of unbranched alkanes of at least 4 members (excludes halogenated alkanes) is 1. The van der Waals surface area contributed by atoms with Crippen LogP contribution in [0.1, 0.15) is 64.7 Å². The van der Waals surface area contributed by atoms with Crippen molar-refractivity contribution in [2.75, 3.05) is 19.8 Å². The molecule has 2 rings (SSSR count). The smallest absolute Gasteiger partial charge is 0.340 e. The van der Waals surface area contributed by atoms with Gasteiger partial charge in [0.1, 0.15) is 0 Å². The lowest BCUT2D eigenvalue weighted by Crippen LogP contribution is -2.27. The van der Waals surface area contributed by atoms with E-state index in [1.165, 1.54) is 38.5 Å². The Morgan fingerprint density at radius 2 is 1.90 bits per heavy atom. The summed E-state index contributed by atoms with van der Waals surface area (Å²) in [6.45, 7) is 3.59. The maximum absolute atomic E-state index is 11.7. The summed E-state index contributed by atoms with van der Waals surface area (Å²) >= 11 is 0. The van der Waals surface area contributed by atoms with Gasteiger partial charge in [-0.05, 0) is 39.0 Å². The molecule has 0 bridgehead atoms. The molecule has 20 heavy (non-hydrogen) atoms. The highest BCUT2D eigenvalue weighted by Crippen LogP contribution is 2.34. The first kappa shape index (κ1) is 15.8. The summed E-state index contributed by atoms with van der Waals surface area (Å²) in [7, 11) is 0. The van der Waals surface area contributed by atoms with Gasteiger partial charge in [-0.2, -0.15) is 0 Å². The van der Waals surface area contributed by atoms with Gasteiger partial charge >= 0.3 is 5.97 Å². The number of rotatable bonds is 8. The molecule has 0 aromatic carbocycles. The Labute approximate surface area is 122 Å². The van der Waals surface area contributed by atoms with Crippen molar-refractivity contribution in [2.45, 2.75) is 76.4 Å². The predicted molar refractivity (Wildman–Crippen MR) is 76.6 cm³/mol. The highest BCUT2D eigenvalue weighted by Gasteiger charge is 2.52. The maximum Gasteiger partial charge on any atom is 0.340 e. The normalized spacial score (nSPS) is 27.1. The SMILES string of the molecule is CCOC(=O)C1(CCCCOC2CCCCCC2)CO1. The number of epoxide rings is 1. The van der Waals surface area contributed by atoms with Gasteiger partial charge in [-0.3, -0.25) is 0 Å². The molecule has 0 N–H and O–H groups in total. The minimum atomic E-state index is -0.613. The minimum absolute atomic E-state index is 0.190. The van der Waals surface area contributed by atoms with Gasteiger partial charge < -0.3 is 14.2 Å². The summed E-state index contributed by atoms with van der Waals surface area (Å²) in [6, 6.07) is 0. The van der Waals surface area contributed by atoms with Crippen LogP contribution in [0.25, 0.3) is 0 Å². The van der Waals surface area contributed by atoms with Crippen LogP contribution in [-0.2, 0) is 19.0 Å². The second-order valence-corrected chi connectivity index (χ2v) is 5.94. The number of hydrogen-bond acceptors (Lipinski definition) is 4. The molecule has 0 radical (unpaired) electrons. The fourth-order valence-corrected chi connectivity index (χ4v) is 2.89. The molecule has 0 aromatic rings. The molecule has 1 aliphatic heterocycles. The van der Waals surface area contributed by atoms with E-state index in [0.29, 0.717) is 19.3 Å². The molecule has 2 fully saturated rings. The van der Waals surface area contributed by atoms with Crippen molar-refractivity contribution < 1.29 is 19.0 Å². The van der Waals surface area contributed by atoms with Gasteiger partial charge in [0.15, 0.2) is 5.60 Å². The fraction of sp³-hybridized carbons (Fsp3) is 0.938. The molecule has 0 aromatic heterocycles. The van der Waals surface area contributed by atoms with Crippen molar-refractivity contribution in [3.63, 3.8) is 0 Å². The Hall–Kier alpha value is -0.610. The molecular formula is C16H28O4. The number of carbonyl (C=O) groups excluding carboxylic acids is 1. The Balaban J connectivity index is 1.54. The third-order valence-corrected chi connectivity index (χ3v) is 4.27. The molecule has 1 saturated carbocycles. The second kappa shape index (κ2) is 7.99. The third-order valence-electron chi connectivity index (χ3n) is 4.27. The number of carbonyl (C=O) groups is 1. The molecular weight excluding hydrogens is 256 g/mol.